The highest BCUT2D eigenvalue weighted by atomic mass is 79.9. The Kier molecular flexibility index (Phi) is 3.41. The molecule has 1 unspecified atom stereocenters. The summed E-state index contributed by atoms with van der Waals surface area (Å²) in [6.45, 7) is 6.70. The van der Waals surface area contributed by atoms with Gasteiger partial charge < -0.3 is 0 Å². The fourth-order valence-corrected chi connectivity index (χ4v) is 3.58. The van der Waals surface area contributed by atoms with Crippen LogP contribution in [0.2, 0.25) is 0 Å². The molecule has 68 valence electrons. The predicted octanol–water partition coefficient (Wildman–Crippen LogP) is 4.99. The van der Waals surface area contributed by atoms with Crippen molar-refractivity contribution >= 4 is 43.2 Å². The molecule has 0 aliphatic carbocycles. The van der Waals surface area contributed by atoms with Gasteiger partial charge in [0.25, 0.3) is 0 Å². The molecule has 0 saturated heterocycles. The molecule has 1 aromatic rings. The molecule has 0 amide bonds. The summed E-state index contributed by atoms with van der Waals surface area (Å²) in [5, 5.41) is 2.11. The minimum atomic E-state index is 0.271. The van der Waals surface area contributed by atoms with Gasteiger partial charge in [-0.2, -0.15) is 0 Å². The molecule has 0 aliphatic heterocycles. The SMILES string of the molecule is CC(C)(C)C(Br)c1sccc1Br. The Hall–Kier alpha value is 0.660. The molecule has 12 heavy (non-hydrogen) atoms. The molecule has 0 saturated carbocycles. The van der Waals surface area contributed by atoms with Gasteiger partial charge in [0.1, 0.15) is 0 Å². The van der Waals surface area contributed by atoms with Gasteiger partial charge in [-0.15, -0.1) is 11.3 Å². The van der Waals surface area contributed by atoms with Crippen molar-refractivity contribution in [2.45, 2.75) is 25.6 Å². The number of alkyl halides is 1. The Balaban J connectivity index is 2.92. The van der Waals surface area contributed by atoms with Crippen molar-refractivity contribution in [2.75, 3.05) is 0 Å². The van der Waals surface area contributed by atoms with E-state index in [9.17, 15) is 0 Å². The quantitative estimate of drug-likeness (QED) is 0.641. The first kappa shape index (κ1) is 10.7. The number of thiophene rings is 1. The van der Waals surface area contributed by atoms with E-state index in [1.54, 1.807) is 11.3 Å². The third-order valence-corrected chi connectivity index (χ3v) is 5.71. The van der Waals surface area contributed by atoms with E-state index in [4.69, 9.17) is 0 Å². The fourth-order valence-electron chi connectivity index (χ4n) is 0.880. The molecule has 0 aromatic carbocycles. The maximum Gasteiger partial charge on any atom is 0.0548 e. The maximum atomic E-state index is 3.72. The fraction of sp³-hybridized carbons (Fsp3) is 0.556. The average molecular weight is 312 g/mol. The van der Waals surface area contributed by atoms with E-state index < -0.39 is 0 Å². The summed E-state index contributed by atoms with van der Waals surface area (Å²) < 4.78 is 1.21. The first-order chi connectivity index (χ1) is 5.43. The van der Waals surface area contributed by atoms with Crippen LogP contribution in [0.1, 0.15) is 30.5 Å². The first-order valence-corrected chi connectivity index (χ1v) is 6.38. The first-order valence-electron chi connectivity index (χ1n) is 3.80. The van der Waals surface area contributed by atoms with Gasteiger partial charge in [0.15, 0.2) is 0 Å². The average Bonchev–Trinajstić information content (AvgIpc) is 2.31. The molecule has 0 bridgehead atoms. The minimum absolute atomic E-state index is 0.271. The van der Waals surface area contributed by atoms with Crippen LogP contribution in [0.4, 0.5) is 0 Å². The smallest absolute Gasteiger partial charge is 0.0548 e. The van der Waals surface area contributed by atoms with Gasteiger partial charge in [-0.1, -0.05) is 36.7 Å². The number of halogens is 2. The van der Waals surface area contributed by atoms with E-state index in [1.165, 1.54) is 9.35 Å². The highest BCUT2D eigenvalue weighted by Gasteiger charge is 2.25. The summed E-state index contributed by atoms with van der Waals surface area (Å²) in [6, 6.07) is 2.10. The van der Waals surface area contributed by atoms with E-state index in [1.807, 2.05) is 0 Å². The van der Waals surface area contributed by atoms with Crippen LogP contribution in [0, 0.1) is 5.41 Å². The molecule has 3 heteroatoms. The third kappa shape index (κ3) is 2.33. The summed E-state index contributed by atoms with van der Waals surface area (Å²) in [5.74, 6) is 0. The van der Waals surface area contributed by atoms with E-state index >= 15 is 0 Å². The van der Waals surface area contributed by atoms with Crippen molar-refractivity contribution in [2.24, 2.45) is 5.41 Å². The van der Waals surface area contributed by atoms with Gasteiger partial charge >= 0.3 is 0 Å². The number of rotatable bonds is 1. The molecule has 0 nitrogen and oxygen atoms in total. The molecule has 1 aromatic heterocycles. The molecule has 1 atom stereocenters. The van der Waals surface area contributed by atoms with E-state index in [0.717, 1.165) is 0 Å². The van der Waals surface area contributed by atoms with Crippen LogP contribution in [-0.2, 0) is 0 Å². The zero-order valence-electron chi connectivity index (χ0n) is 7.40. The highest BCUT2D eigenvalue weighted by molar-refractivity contribution is 9.11. The highest BCUT2D eigenvalue weighted by Crippen LogP contribution is 2.45. The standard InChI is InChI=1S/C9H12Br2S/c1-9(2,3)8(11)7-6(10)4-5-12-7/h4-5,8H,1-3H3. The van der Waals surface area contributed by atoms with E-state index in [2.05, 4.69) is 64.1 Å². The van der Waals surface area contributed by atoms with Crippen molar-refractivity contribution in [3.05, 3.63) is 20.8 Å². The monoisotopic (exact) mass is 310 g/mol. The van der Waals surface area contributed by atoms with Crippen LogP contribution >= 0.6 is 43.2 Å². The summed E-state index contributed by atoms with van der Waals surface area (Å²) in [6.07, 6.45) is 0. The van der Waals surface area contributed by atoms with Gasteiger partial charge in [-0.05, 0) is 32.8 Å². The zero-order valence-corrected chi connectivity index (χ0v) is 11.4. The molecular weight excluding hydrogens is 300 g/mol. The summed E-state index contributed by atoms with van der Waals surface area (Å²) in [4.78, 5) is 1.81. The lowest BCUT2D eigenvalue weighted by atomic mass is 9.91. The van der Waals surface area contributed by atoms with Crippen LogP contribution in [0.5, 0.6) is 0 Å². The second-order valence-electron chi connectivity index (χ2n) is 3.86. The van der Waals surface area contributed by atoms with E-state index in [-0.39, 0.29) is 5.41 Å². The van der Waals surface area contributed by atoms with Crippen LogP contribution in [0.25, 0.3) is 0 Å². The predicted molar refractivity (Wildman–Crippen MR) is 63.1 cm³/mol. The topological polar surface area (TPSA) is 0 Å². The van der Waals surface area contributed by atoms with Gasteiger partial charge in [-0.25, -0.2) is 0 Å². The molecule has 0 fully saturated rings. The Labute approximate surface area is 94.6 Å². The number of hydrogen-bond acceptors (Lipinski definition) is 1. The van der Waals surface area contributed by atoms with Gasteiger partial charge in [0, 0.05) is 9.35 Å². The van der Waals surface area contributed by atoms with Crippen molar-refractivity contribution in [1.29, 1.82) is 0 Å². The van der Waals surface area contributed by atoms with Crippen molar-refractivity contribution < 1.29 is 0 Å². The Morgan fingerprint density at radius 3 is 2.33 bits per heavy atom. The van der Waals surface area contributed by atoms with Gasteiger partial charge in [0.05, 0.1) is 4.83 Å². The molecular formula is C9H12Br2S. The van der Waals surface area contributed by atoms with Crippen molar-refractivity contribution in [3.63, 3.8) is 0 Å². The third-order valence-electron chi connectivity index (χ3n) is 1.64. The van der Waals surface area contributed by atoms with Crippen LogP contribution in [-0.4, -0.2) is 0 Å². The van der Waals surface area contributed by atoms with Crippen LogP contribution in [0.3, 0.4) is 0 Å². The Morgan fingerprint density at radius 1 is 1.42 bits per heavy atom. The molecule has 1 heterocycles. The molecule has 0 radical (unpaired) electrons. The van der Waals surface area contributed by atoms with Crippen molar-refractivity contribution in [3.8, 4) is 0 Å². The maximum absolute atomic E-state index is 3.72. The normalized spacial score (nSPS) is 14.8. The second-order valence-corrected chi connectivity index (χ2v) is 6.58. The summed E-state index contributed by atoms with van der Waals surface area (Å²) in [7, 11) is 0. The van der Waals surface area contributed by atoms with Crippen LogP contribution < -0.4 is 0 Å². The van der Waals surface area contributed by atoms with Crippen molar-refractivity contribution in [1.82, 2.24) is 0 Å². The lowest BCUT2D eigenvalue weighted by Crippen LogP contribution is -2.11. The Bertz CT molecular complexity index is 260. The zero-order chi connectivity index (χ0) is 9.35. The van der Waals surface area contributed by atoms with Gasteiger partial charge in [-0.3, -0.25) is 0 Å². The van der Waals surface area contributed by atoms with E-state index in [0.29, 0.717) is 4.83 Å². The molecule has 0 spiro atoms. The Morgan fingerprint density at radius 2 is 2.00 bits per heavy atom. The second kappa shape index (κ2) is 3.81. The summed E-state index contributed by atoms with van der Waals surface area (Å²) >= 11 is 9.05. The summed E-state index contributed by atoms with van der Waals surface area (Å²) in [5.41, 5.74) is 0.271. The minimum Gasteiger partial charge on any atom is -0.146 e. The molecule has 0 aliphatic rings. The number of hydrogen-bond donors (Lipinski definition) is 0. The molecule has 1 rings (SSSR count). The largest absolute Gasteiger partial charge is 0.146 e. The van der Waals surface area contributed by atoms with Crippen LogP contribution in [0.15, 0.2) is 15.9 Å². The van der Waals surface area contributed by atoms with Gasteiger partial charge in [0.2, 0.25) is 0 Å². The lowest BCUT2D eigenvalue weighted by molar-refractivity contribution is 0.410. The lowest BCUT2D eigenvalue weighted by Gasteiger charge is -2.24. The molecule has 0 N–H and O–H groups in total.